The van der Waals surface area contributed by atoms with E-state index in [1.165, 1.54) is 0 Å². The van der Waals surface area contributed by atoms with Crippen molar-refractivity contribution in [2.24, 2.45) is 5.92 Å². The van der Waals surface area contributed by atoms with Crippen molar-refractivity contribution in [2.75, 3.05) is 39.2 Å². The van der Waals surface area contributed by atoms with Crippen LogP contribution in [0.2, 0.25) is 0 Å². The average molecular weight is 379 g/mol. The third kappa shape index (κ3) is 3.99. The molecule has 26 heavy (non-hydrogen) atoms. The third-order valence-electron chi connectivity index (χ3n) is 4.68. The summed E-state index contributed by atoms with van der Waals surface area (Å²) < 4.78 is 16.4. The molecule has 0 aromatic heterocycles. The van der Waals surface area contributed by atoms with E-state index in [0.29, 0.717) is 37.7 Å². The van der Waals surface area contributed by atoms with E-state index in [1.54, 1.807) is 30.8 Å². The Balaban J connectivity index is 1.85. The van der Waals surface area contributed by atoms with E-state index < -0.39 is 0 Å². The van der Waals surface area contributed by atoms with E-state index >= 15 is 0 Å². The van der Waals surface area contributed by atoms with Gasteiger partial charge in [0.05, 0.1) is 31.2 Å². The number of rotatable bonds is 4. The van der Waals surface area contributed by atoms with Gasteiger partial charge in [-0.1, -0.05) is 6.07 Å². The Bertz CT molecular complexity index is 659. The van der Waals surface area contributed by atoms with E-state index in [0.717, 1.165) is 25.0 Å². The molecule has 1 aromatic carbocycles. The second-order valence-electron chi connectivity index (χ2n) is 6.36. The molecule has 1 amide bonds. The minimum atomic E-state index is -0.365. The van der Waals surface area contributed by atoms with Crippen molar-refractivity contribution in [1.82, 2.24) is 4.90 Å². The molecule has 0 aliphatic carbocycles. The first-order chi connectivity index (χ1) is 12.7. The number of nitrogens with zero attached hydrogens (tertiary/aromatic N) is 1. The minimum absolute atomic E-state index is 0.0845. The molecular weight excluding hydrogens is 354 g/mol. The van der Waals surface area contributed by atoms with Crippen molar-refractivity contribution in [3.8, 4) is 5.75 Å². The van der Waals surface area contributed by atoms with Gasteiger partial charge in [0, 0.05) is 12.2 Å². The van der Waals surface area contributed by atoms with E-state index in [4.69, 9.17) is 14.2 Å². The van der Waals surface area contributed by atoms with Crippen LogP contribution in [-0.4, -0.2) is 56.0 Å². The number of carbonyl (C=O) groups is 2. The summed E-state index contributed by atoms with van der Waals surface area (Å²) in [4.78, 5) is 26.9. The van der Waals surface area contributed by atoms with Crippen LogP contribution in [0.4, 0.5) is 0 Å². The summed E-state index contributed by atoms with van der Waals surface area (Å²) in [6, 6.07) is 5.32. The van der Waals surface area contributed by atoms with Gasteiger partial charge in [0.15, 0.2) is 0 Å². The van der Waals surface area contributed by atoms with Gasteiger partial charge in [-0.25, -0.2) is 4.79 Å². The van der Waals surface area contributed by atoms with Crippen molar-refractivity contribution in [3.63, 3.8) is 0 Å². The molecule has 0 saturated carbocycles. The summed E-state index contributed by atoms with van der Waals surface area (Å²) in [6.45, 7) is 4.25. The zero-order valence-electron chi connectivity index (χ0n) is 15.2. The number of fused-ring (bicyclic) bond motifs is 1. The molecule has 2 aliphatic heterocycles. The summed E-state index contributed by atoms with van der Waals surface area (Å²) in [5.74, 6) is 0.315. The molecular formula is C19H25NO5S. The predicted molar refractivity (Wildman–Crippen MR) is 99.4 cm³/mol. The SMILES string of the molecule is CCOC(=O)c1ccc2c(c1)OCCN(C(=O)C1CCCOC1)[C@@H]2SC. The molecule has 3 rings (SSSR count). The van der Waals surface area contributed by atoms with Gasteiger partial charge >= 0.3 is 5.97 Å². The van der Waals surface area contributed by atoms with Gasteiger partial charge < -0.3 is 19.1 Å². The fourth-order valence-corrected chi connectivity index (χ4v) is 4.31. The Hall–Kier alpha value is -1.73. The van der Waals surface area contributed by atoms with E-state index in [9.17, 15) is 9.59 Å². The van der Waals surface area contributed by atoms with Gasteiger partial charge in [-0.2, -0.15) is 0 Å². The van der Waals surface area contributed by atoms with Gasteiger partial charge in [-0.05, 0) is 38.2 Å². The number of ether oxygens (including phenoxy) is 3. The van der Waals surface area contributed by atoms with Crippen LogP contribution in [0.1, 0.15) is 41.1 Å². The fourth-order valence-electron chi connectivity index (χ4n) is 3.39. The van der Waals surface area contributed by atoms with Crippen LogP contribution in [-0.2, 0) is 14.3 Å². The summed E-state index contributed by atoms with van der Waals surface area (Å²) in [6.07, 6.45) is 3.77. The first-order valence-corrected chi connectivity index (χ1v) is 10.3. The van der Waals surface area contributed by atoms with E-state index in [1.807, 2.05) is 17.2 Å². The summed E-state index contributed by atoms with van der Waals surface area (Å²) in [5, 5.41) is -0.141. The normalized spacial score (nSPS) is 22.8. The van der Waals surface area contributed by atoms with Gasteiger partial charge in [-0.3, -0.25) is 4.79 Å². The highest BCUT2D eigenvalue weighted by Crippen LogP contribution is 2.40. The fraction of sp³-hybridized carbons (Fsp3) is 0.579. The molecule has 6 nitrogen and oxygen atoms in total. The van der Waals surface area contributed by atoms with Crippen LogP contribution in [0.15, 0.2) is 18.2 Å². The average Bonchev–Trinajstić information content (AvgIpc) is 2.86. The van der Waals surface area contributed by atoms with Crippen LogP contribution >= 0.6 is 11.8 Å². The van der Waals surface area contributed by atoms with Crippen LogP contribution in [0.25, 0.3) is 0 Å². The molecule has 2 heterocycles. The number of benzene rings is 1. The molecule has 142 valence electrons. The Morgan fingerprint density at radius 2 is 2.19 bits per heavy atom. The number of hydrogen-bond acceptors (Lipinski definition) is 6. The number of hydrogen-bond donors (Lipinski definition) is 0. The van der Waals surface area contributed by atoms with Crippen molar-refractivity contribution >= 4 is 23.6 Å². The zero-order valence-corrected chi connectivity index (χ0v) is 16.0. The highest BCUT2D eigenvalue weighted by atomic mass is 32.2. The molecule has 1 unspecified atom stereocenters. The molecule has 0 spiro atoms. The monoisotopic (exact) mass is 379 g/mol. The quantitative estimate of drug-likeness (QED) is 0.750. The topological polar surface area (TPSA) is 65.1 Å². The van der Waals surface area contributed by atoms with Crippen LogP contribution in [0.5, 0.6) is 5.75 Å². The van der Waals surface area contributed by atoms with Crippen molar-refractivity contribution in [2.45, 2.75) is 25.1 Å². The first kappa shape index (κ1) is 19.0. The molecule has 0 bridgehead atoms. The van der Waals surface area contributed by atoms with Gasteiger partial charge in [0.25, 0.3) is 0 Å². The number of amides is 1. The van der Waals surface area contributed by atoms with Gasteiger partial charge in [-0.15, -0.1) is 11.8 Å². The van der Waals surface area contributed by atoms with Crippen molar-refractivity contribution < 1.29 is 23.8 Å². The Kier molecular flexibility index (Phi) is 6.43. The zero-order chi connectivity index (χ0) is 18.5. The van der Waals surface area contributed by atoms with Crippen LogP contribution in [0, 0.1) is 5.92 Å². The van der Waals surface area contributed by atoms with E-state index in [-0.39, 0.29) is 23.2 Å². The molecule has 1 aromatic rings. The Morgan fingerprint density at radius 3 is 2.88 bits per heavy atom. The minimum Gasteiger partial charge on any atom is -0.491 e. The molecule has 2 atom stereocenters. The second kappa shape index (κ2) is 8.77. The number of esters is 1. The highest BCUT2D eigenvalue weighted by Gasteiger charge is 2.34. The van der Waals surface area contributed by atoms with Crippen molar-refractivity contribution in [3.05, 3.63) is 29.3 Å². The molecule has 1 saturated heterocycles. The number of thioether (sulfide) groups is 1. The van der Waals surface area contributed by atoms with Crippen molar-refractivity contribution in [1.29, 1.82) is 0 Å². The van der Waals surface area contributed by atoms with Crippen LogP contribution < -0.4 is 4.74 Å². The standard InChI is InChI=1S/C19H25NO5S/c1-3-24-19(22)13-6-7-15-16(11-13)25-10-8-20(18(15)26-2)17(21)14-5-4-9-23-12-14/h6-7,11,14,18H,3-5,8-10,12H2,1-2H3/t14?,18-/m1/s1. The van der Waals surface area contributed by atoms with Crippen LogP contribution in [0.3, 0.4) is 0 Å². The molecule has 0 radical (unpaired) electrons. The number of carbonyl (C=O) groups excluding carboxylic acids is 2. The lowest BCUT2D eigenvalue weighted by Gasteiger charge is -2.33. The largest absolute Gasteiger partial charge is 0.491 e. The Labute approximate surface area is 158 Å². The second-order valence-corrected chi connectivity index (χ2v) is 7.27. The predicted octanol–water partition coefficient (Wildman–Crippen LogP) is 2.87. The maximum absolute atomic E-state index is 13.0. The Morgan fingerprint density at radius 1 is 1.35 bits per heavy atom. The highest BCUT2D eigenvalue weighted by molar-refractivity contribution is 7.98. The maximum Gasteiger partial charge on any atom is 0.338 e. The molecule has 2 aliphatic rings. The van der Waals surface area contributed by atoms with E-state index in [2.05, 4.69) is 0 Å². The smallest absolute Gasteiger partial charge is 0.338 e. The lowest BCUT2D eigenvalue weighted by Crippen LogP contribution is -2.41. The van der Waals surface area contributed by atoms with Gasteiger partial charge in [0.1, 0.15) is 17.7 Å². The summed E-state index contributed by atoms with van der Waals surface area (Å²) >= 11 is 1.59. The maximum atomic E-state index is 13.0. The molecule has 0 N–H and O–H groups in total. The third-order valence-corrected chi connectivity index (χ3v) is 5.63. The summed E-state index contributed by atoms with van der Waals surface area (Å²) in [7, 11) is 0. The molecule has 7 heteroatoms. The first-order valence-electron chi connectivity index (χ1n) is 9.00. The lowest BCUT2D eigenvalue weighted by atomic mass is 10.00. The van der Waals surface area contributed by atoms with Gasteiger partial charge in [0.2, 0.25) is 5.91 Å². The lowest BCUT2D eigenvalue weighted by molar-refractivity contribution is -0.140. The molecule has 1 fully saturated rings. The summed E-state index contributed by atoms with van der Waals surface area (Å²) in [5.41, 5.74) is 1.37.